The van der Waals surface area contributed by atoms with Gasteiger partial charge in [-0.1, -0.05) is 31.2 Å². The van der Waals surface area contributed by atoms with Gasteiger partial charge in [0.2, 0.25) is 27.8 Å². The maximum Gasteiger partial charge on any atom is 0.573 e. The quantitative estimate of drug-likeness (QED) is 0.263. The number of amides is 1. The van der Waals surface area contributed by atoms with Crippen molar-refractivity contribution < 1.29 is 39.9 Å². The van der Waals surface area contributed by atoms with Gasteiger partial charge in [-0.2, -0.15) is 9.29 Å². The number of piperidine rings is 1. The molecule has 0 unspecified atom stereocenters. The van der Waals surface area contributed by atoms with E-state index in [1.54, 1.807) is 0 Å². The smallest absolute Gasteiger partial charge is 0.406 e. The molecule has 11 nitrogen and oxygen atoms in total. The molecule has 3 aromatic rings. The fourth-order valence-electron chi connectivity index (χ4n) is 4.68. The summed E-state index contributed by atoms with van der Waals surface area (Å²) >= 11 is 0. The van der Waals surface area contributed by atoms with Crippen molar-refractivity contribution >= 4 is 27.8 Å². The lowest BCUT2D eigenvalue weighted by atomic mass is 9.92. The molecule has 1 amide bonds. The predicted octanol–water partition coefficient (Wildman–Crippen LogP) is 4.05. The highest BCUT2D eigenvalue weighted by molar-refractivity contribution is 7.89. The molecule has 0 saturated carbocycles. The number of nitrogen functional groups attached to an aromatic ring is 1. The van der Waals surface area contributed by atoms with Gasteiger partial charge in [0.25, 0.3) is 5.92 Å². The highest BCUT2D eigenvalue weighted by Crippen LogP contribution is 2.32. The molecule has 2 heterocycles. The second-order valence-corrected chi connectivity index (χ2v) is 12.0. The Labute approximate surface area is 250 Å². The summed E-state index contributed by atoms with van der Waals surface area (Å²) in [5.74, 6) is -4.25. The Bertz CT molecular complexity index is 1540. The average Bonchev–Trinajstić information content (AvgIpc) is 2.98. The standard InChI is InChI=1S/C27H30F5N7O4S/c1-2-26(28,29)19-5-3-17(4-6-19)14-34-23(40)22-13-18(15-35-25-37-16-36-24(33)38-25)11-12-39(22)44(41,42)21-9-7-20(8-10-21)43-27(30,31)32/h3-10,16,18,22H,2,11-15H2,1H3,(H,34,40)(H3,33,35,36,37,38)/t18-,22-/m1/s1. The van der Waals surface area contributed by atoms with Crippen LogP contribution in [0.1, 0.15) is 37.3 Å². The van der Waals surface area contributed by atoms with Crippen molar-refractivity contribution in [3.05, 3.63) is 66.0 Å². The first kappa shape index (κ1) is 32.8. The first-order valence-electron chi connectivity index (χ1n) is 13.5. The van der Waals surface area contributed by atoms with E-state index in [4.69, 9.17) is 5.73 Å². The van der Waals surface area contributed by atoms with Crippen LogP contribution in [-0.2, 0) is 27.3 Å². The van der Waals surface area contributed by atoms with Gasteiger partial charge in [0.15, 0.2) is 0 Å². The summed E-state index contributed by atoms with van der Waals surface area (Å²) in [6, 6.07) is 7.93. The van der Waals surface area contributed by atoms with Gasteiger partial charge < -0.3 is 21.1 Å². The van der Waals surface area contributed by atoms with Crippen LogP contribution in [0.2, 0.25) is 0 Å². The minimum Gasteiger partial charge on any atom is -0.406 e. The molecule has 0 spiro atoms. The van der Waals surface area contributed by atoms with Gasteiger partial charge in [-0.15, -0.1) is 13.2 Å². The van der Waals surface area contributed by atoms with Gasteiger partial charge in [-0.25, -0.2) is 27.2 Å². The third kappa shape index (κ3) is 8.28. The zero-order valence-electron chi connectivity index (χ0n) is 23.4. The number of nitrogens with one attached hydrogen (secondary N) is 2. The predicted molar refractivity (Wildman–Crippen MR) is 149 cm³/mol. The number of hydrogen-bond donors (Lipinski definition) is 3. The number of anilines is 2. The zero-order chi connectivity index (χ0) is 32.1. The SMILES string of the molecule is CCC(F)(F)c1ccc(CNC(=O)[C@H]2C[C@H](CNc3ncnc(N)n3)CCN2S(=O)(=O)c2ccc(OC(F)(F)F)cc2)cc1. The summed E-state index contributed by atoms with van der Waals surface area (Å²) in [6.45, 7) is 1.51. The van der Waals surface area contributed by atoms with Gasteiger partial charge in [0, 0.05) is 31.6 Å². The number of aromatic nitrogens is 3. The van der Waals surface area contributed by atoms with Crippen LogP contribution in [0.4, 0.5) is 33.8 Å². The van der Waals surface area contributed by atoms with Gasteiger partial charge in [-0.3, -0.25) is 4.79 Å². The second-order valence-electron chi connectivity index (χ2n) is 10.1. The highest BCUT2D eigenvalue weighted by Gasteiger charge is 2.41. The van der Waals surface area contributed by atoms with Crippen molar-refractivity contribution in [3.63, 3.8) is 0 Å². The topological polar surface area (TPSA) is 152 Å². The number of hydrogen-bond acceptors (Lipinski definition) is 9. The van der Waals surface area contributed by atoms with E-state index in [0.29, 0.717) is 12.0 Å². The van der Waals surface area contributed by atoms with Crippen LogP contribution in [0.5, 0.6) is 5.75 Å². The third-order valence-electron chi connectivity index (χ3n) is 7.05. The van der Waals surface area contributed by atoms with Crippen LogP contribution in [0, 0.1) is 5.92 Å². The van der Waals surface area contributed by atoms with E-state index >= 15 is 0 Å². The Hall–Kier alpha value is -4.12. The molecular formula is C27H30F5N7O4S. The Morgan fingerprint density at radius 2 is 1.75 bits per heavy atom. The molecule has 17 heteroatoms. The number of ether oxygens (including phenoxy) is 1. The number of benzene rings is 2. The van der Waals surface area contributed by atoms with Crippen LogP contribution in [-0.4, -0.2) is 59.1 Å². The fraction of sp³-hybridized carbons (Fsp3) is 0.407. The van der Waals surface area contributed by atoms with Crippen LogP contribution in [0.3, 0.4) is 0 Å². The van der Waals surface area contributed by atoms with Crippen molar-refractivity contribution in [1.82, 2.24) is 24.6 Å². The number of nitrogens with two attached hydrogens (primary N) is 1. The Morgan fingerprint density at radius 1 is 1.07 bits per heavy atom. The first-order chi connectivity index (χ1) is 20.7. The Balaban J connectivity index is 1.52. The first-order valence-corrected chi connectivity index (χ1v) is 14.9. The lowest BCUT2D eigenvalue weighted by Crippen LogP contribution is -2.54. The summed E-state index contributed by atoms with van der Waals surface area (Å²) in [7, 11) is -4.34. The van der Waals surface area contributed by atoms with E-state index in [9.17, 15) is 35.2 Å². The molecule has 1 saturated heterocycles. The molecule has 2 aromatic carbocycles. The molecule has 1 aromatic heterocycles. The molecule has 2 atom stereocenters. The minimum absolute atomic E-state index is 0.00114. The van der Waals surface area contributed by atoms with Crippen LogP contribution >= 0.6 is 0 Å². The van der Waals surface area contributed by atoms with E-state index in [0.717, 1.165) is 28.6 Å². The summed E-state index contributed by atoms with van der Waals surface area (Å²) < 4.78 is 97.7. The molecule has 1 aliphatic heterocycles. The van der Waals surface area contributed by atoms with E-state index in [-0.39, 0.29) is 60.7 Å². The van der Waals surface area contributed by atoms with Gasteiger partial charge in [0.1, 0.15) is 18.1 Å². The normalized spacial score (nSPS) is 18.0. The number of sulfonamides is 1. The Morgan fingerprint density at radius 3 is 2.36 bits per heavy atom. The molecule has 4 N–H and O–H groups in total. The number of carbonyl (C=O) groups excluding carboxylic acids is 1. The van der Waals surface area contributed by atoms with Crippen molar-refractivity contribution in [3.8, 4) is 5.75 Å². The molecule has 4 rings (SSSR count). The maximum absolute atomic E-state index is 14.0. The molecular weight excluding hydrogens is 613 g/mol. The summed E-state index contributed by atoms with van der Waals surface area (Å²) in [4.78, 5) is 24.8. The average molecular weight is 644 g/mol. The number of carbonyl (C=O) groups is 1. The number of halogens is 5. The molecule has 238 valence electrons. The maximum atomic E-state index is 14.0. The van der Waals surface area contributed by atoms with Gasteiger partial charge >= 0.3 is 6.36 Å². The molecule has 0 aliphatic carbocycles. The van der Waals surface area contributed by atoms with Crippen LogP contribution in [0.15, 0.2) is 59.8 Å². The largest absolute Gasteiger partial charge is 0.573 e. The lowest BCUT2D eigenvalue weighted by molar-refractivity contribution is -0.274. The molecule has 0 radical (unpaired) electrons. The van der Waals surface area contributed by atoms with Crippen LogP contribution < -0.4 is 21.1 Å². The summed E-state index contributed by atoms with van der Waals surface area (Å²) in [6.07, 6.45) is -3.70. The van der Waals surface area contributed by atoms with Gasteiger partial charge in [0.05, 0.1) is 4.90 Å². The molecule has 0 bridgehead atoms. The lowest BCUT2D eigenvalue weighted by Gasteiger charge is -2.37. The van der Waals surface area contributed by atoms with Crippen molar-refractivity contribution in [1.29, 1.82) is 0 Å². The summed E-state index contributed by atoms with van der Waals surface area (Å²) in [5.41, 5.74) is 5.93. The van der Waals surface area contributed by atoms with Crippen molar-refractivity contribution in [2.45, 2.75) is 56.0 Å². The van der Waals surface area contributed by atoms with E-state index in [1.165, 1.54) is 37.5 Å². The van der Waals surface area contributed by atoms with Crippen LogP contribution in [0.25, 0.3) is 0 Å². The Kier molecular flexibility index (Phi) is 9.88. The molecule has 1 aliphatic rings. The second kappa shape index (κ2) is 13.3. The third-order valence-corrected chi connectivity index (χ3v) is 8.98. The highest BCUT2D eigenvalue weighted by atomic mass is 32.2. The number of nitrogens with zero attached hydrogens (tertiary/aromatic N) is 4. The molecule has 44 heavy (non-hydrogen) atoms. The fourth-order valence-corrected chi connectivity index (χ4v) is 6.30. The van der Waals surface area contributed by atoms with Crippen molar-refractivity contribution in [2.75, 3.05) is 24.1 Å². The number of rotatable bonds is 11. The minimum atomic E-state index is -4.95. The number of alkyl halides is 5. The van der Waals surface area contributed by atoms with E-state index in [2.05, 4.69) is 30.3 Å². The van der Waals surface area contributed by atoms with E-state index < -0.39 is 40.0 Å². The molecule has 1 fully saturated rings. The summed E-state index contributed by atoms with van der Waals surface area (Å²) in [5, 5.41) is 5.68. The van der Waals surface area contributed by atoms with Crippen molar-refractivity contribution in [2.24, 2.45) is 5.92 Å². The monoisotopic (exact) mass is 643 g/mol. The zero-order valence-corrected chi connectivity index (χ0v) is 24.2. The van der Waals surface area contributed by atoms with Gasteiger partial charge in [-0.05, 0) is 48.6 Å². The van der Waals surface area contributed by atoms with E-state index in [1.807, 2.05) is 0 Å².